The van der Waals surface area contributed by atoms with Crippen molar-refractivity contribution in [2.75, 3.05) is 6.61 Å². The second kappa shape index (κ2) is 8.41. The van der Waals surface area contributed by atoms with Crippen LogP contribution in [0, 0.1) is 0 Å². The number of rotatable bonds is 8. The van der Waals surface area contributed by atoms with Crippen LogP contribution in [0.4, 0.5) is 26.3 Å². The molecule has 0 N–H and O–H groups in total. The summed E-state index contributed by atoms with van der Waals surface area (Å²) in [5.41, 5.74) is 0.230. The summed E-state index contributed by atoms with van der Waals surface area (Å²) < 4.78 is 79.8. The summed E-state index contributed by atoms with van der Waals surface area (Å²) in [6.07, 6.45) is -8.68. The normalized spacial score (nSPS) is 13.0. The molecule has 1 aromatic heterocycles. The number of hydrogen-bond donors (Lipinski definition) is 0. The molecular formula is C16H18F6N2O2. The van der Waals surface area contributed by atoms with Gasteiger partial charge in [0.25, 0.3) is 0 Å². The van der Waals surface area contributed by atoms with Crippen molar-refractivity contribution in [2.24, 2.45) is 0 Å². The van der Waals surface area contributed by atoms with E-state index < -0.39 is 44.1 Å². The van der Waals surface area contributed by atoms with Crippen molar-refractivity contribution >= 4 is 17.9 Å². The number of alkyl halides is 6. The summed E-state index contributed by atoms with van der Waals surface area (Å²) in [6, 6.07) is 0. The second-order valence-corrected chi connectivity index (χ2v) is 5.46. The van der Waals surface area contributed by atoms with Crippen molar-refractivity contribution in [3.05, 3.63) is 29.3 Å². The molecule has 1 rings (SSSR count). The first-order valence-electron chi connectivity index (χ1n) is 7.53. The van der Waals surface area contributed by atoms with Crippen LogP contribution in [0.3, 0.4) is 0 Å². The minimum atomic E-state index is -4.43. The Kier molecular flexibility index (Phi) is 7.05. The molecule has 0 bridgehead atoms. The minimum absolute atomic E-state index is 0.0422. The van der Waals surface area contributed by atoms with Gasteiger partial charge in [-0.05, 0) is 6.92 Å². The lowest BCUT2D eigenvalue weighted by Crippen LogP contribution is -2.14. The van der Waals surface area contributed by atoms with Crippen molar-refractivity contribution in [3.63, 3.8) is 0 Å². The molecule has 146 valence electrons. The van der Waals surface area contributed by atoms with E-state index in [4.69, 9.17) is 4.74 Å². The smallest absolute Gasteiger partial charge is 0.392 e. The summed E-state index contributed by atoms with van der Waals surface area (Å²) in [4.78, 5) is 11.6. The Bertz CT molecular complexity index is 686. The van der Waals surface area contributed by atoms with Crippen LogP contribution >= 0.6 is 0 Å². The first-order chi connectivity index (χ1) is 11.8. The SMILES string of the molecule is C=Cc1c(C(C)=O)nn(CCC(F)(F)F)c1/C=C(\C)OCCC(F)(F)F. The summed E-state index contributed by atoms with van der Waals surface area (Å²) >= 11 is 0. The van der Waals surface area contributed by atoms with E-state index in [0.717, 1.165) is 4.68 Å². The summed E-state index contributed by atoms with van der Waals surface area (Å²) in [6.45, 7) is 4.88. The fourth-order valence-electron chi connectivity index (χ4n) is 2.07. The molecule has 0 saturated carbocycles. The van der Waals surface area contributed by atoms with Gasteiger partial charge in [0.1, 0.15) is 5.69 Å². The number of carbonyl (C=O) groups excluding carboxylic acids is 1. The highest BCUT2D eigenvalue weighted by molar-refractivity contribution is 5.96. The van der Waals surface area contributed by atoms with E-state index >= 15 is 0 Å². The molecule has 0 fully saturated rings. The molecule has 0 aliphatic heterocycles. The molecule has 0 radical (unpaired) electrons. The fourth-order valence-corrected chi connectivity index (χ4v) is 2.07. The number of ether oxygens (including phenoxy) is 1. The van der Waals surface area contributed by atoms with Crippen molar-refractivity contribution in [1.29, 1.82) is 0 Å². The van der Waals surface area contributed by atoms with E-state index in [1.165, 1.54) is 26.0 Å². The third-order valence-electron chi connectivity index (χ3n) is 3.23. The first kappa shape index (κ1) is 21.8. The standard InChI is InChI=1S/C16H18F6N2O2/c1-4-12-13(9-10(2)26-8-6-16(20,21)22)24(7-5-15(17,18)19)23-14(12)11(3)25/h4,9H,1,5-8H2,2-3H3/b10-9+. The summed E-state index contributed by atoms with van der Waals surface area (Å²) in [5.74, 6) is -0.434. The predicted molar refractivity (Wildman–Crippen MR) is 83.3 cm³/mol. The molecule has 1 aromatic rings. The van der Waals surface area contributed by atoms with Gasteiger partial charge in [-0.3, -0.25) is 9.48 Å². The van der Waals surface area contributed by atoms with Crippen LogP contribution < -0.4 is 0 Å². The van der Waals surface area contributed by atoms with E-state index in [0.29, 0.717) is 0 Å². The van der Waals surface area contributed by atoms with Gasteiger partial charge in [0, 0.05) is 18.6 Å². The van der Waals surface area contributed by atoms with E-state index in [9.17, 15) is 31.1 Å². The van der Waals surface area contributed by atoms with Gasteiger partial charge in [-0.2, -0.15) is 31.4 Å². The van der Waals surface area contributed by atoms with Gasteiger partial charge < -0.3 is 4.74 Å². The molecule has 0 aromatic carbocycles. The lowest BCUT2D eigenvalue weighted by Gasteiger charge is -2.11. The fraction of sp³-hybridized carbons (Fsp3) is 0.500. The first-order valence-corrected chi connectivity index (χ1v) is 7.53. The molecule has 4 nitrogen and oxygen atoms in total. The number of aryl methyl sites for hydroxylation is 1. The Morgan fingerprint density at radius 2 is 1.73 bits per heavy atom. The number of carbonyl (C=O) groups is 1. The Morgan fingerprint density at radius 1 is 1.15 bits per heavy atom. The largest absolute Gasteiger partial charge is 0.498 e. The lowest BCUT2D eigenvalue weighted by atomic mass is 10.1. The topological polar surface area (TPSA) is 44.1 Å². The number of Topliss-reactive ketones (excluding diaryl/α,β-unsaturated/α-hetero) is 1. The van der Waals surface area contributed by atoms with Gasteiger partial charge in [-0.15, -0.1) is 0 Å². The molecule has 26 heavy (non-hydrogen) atoms. The van der Waals surface area contributed by atoms with Crippen molar-refractivity contribution in [3.8, 4) is 0 Å². The third-order valence-corrected chi connectivity index (χ3v) is 3.23. The van der Waals surface area contributed by atoms with E-state index in [1.54, 1.807) is 0 Å². The van der Waals surface area contributed by atoms with Gasteiger partial charge in [-0.1, -0.05) is 12.7 Å². The van der Waals surface area contributed by atoms with Gasteiger partial charge in [0.2, 0.25) is 0 Å². The molecule has 10 heteroatoms. The second-order valence-electron chi connectivity index (χ2n) is 5.46. The van der Waals surface area contributed by atoms with Gasteiger partial charge in [0.05, 0.1) is 37.4 Å². The zero-order chi connectivity index (χ0) is 20.1. The average molecular weight is 384 g/mol. The number of nitrogens with zero attached hydrogens (tertiary/aromatic N) is 2. The quantitative estimate of drug-likeness (QED) is 0.360. The number of hydrogen-bond acceptors (Lipinski definition) is 3. The molecule has 0 aliphatic carbocycles. The maximum absolute atomic E-state index is 12.5. The molecular weight excluding hydrogens is 366 g/mol. The minimum Gasteiger partial charge on any atom is -0.498 e. The van der Waals surface area contributed by atoms with E-state index in [-0.39, 0.29) is 22.7 Å². The Hall–Kier alpha value is -2.26. The maximum Gasteiger partial charge on any atom is 0.392 e. The molecule has 1 heterocycles. The summed E-state index contributed by atoms with van der Waals surface area (Å²) in [7, 11) is 0. The molecule has 0 unspecified atom stereocenters. The molecule has 0 saturated heterocycles. The van der Waals surface area contributed by atoms with Gasteiger partial charge >= 0.3 is 12.4 Å². The Morgan fingerprint density at radius 3 is 2.19 bits per heavy atom. The van der Waals surface area contributed by atoms with Crippen molar-refractivity contribution in [1.82, 2.24) is 9.78 Å². The molecule has 0 atom stereocenters. The highest BCUT2D eigenvalue weighted by Gasteiger charge is 2.29. The van der Waals surface area contributed by atoms with E-state index in [2.05, 4.69) is 11.7 Å². The van der Waals surface area contributed by atoms with Crippen LogP contribution in [0.25, 0.3) is 12.2 Å². The zero-order valence-electron chi connectivity index (χ0n) is 14.2. The van der Waals surface area contributed by atoms with Crippen molar-refractivity contribution < 1.29 is 35.9 Å². The zero-order valence-corrected chi connectivity index (χ0v) is 14.2. The van der Waals surface area contributed by atoms with E-state index in [1.807, 2.05) is 0 Å². The number of aromatic nitrogens is 2. The van der Waals surface area contributed by atoms with Gasteiger partial charge in [0.15, 0.2) is 5.78 Å². The highest BCUT2D eigenvalue weighted by atomic mass is 19.4. The number of halogens is 6. The average Bonchev–Trinajstić information content (AvgIpc) is 2.81. The highest BCUT2D eigenvalue weighted by Crippen LogP contribution is 2.25. The molecule has 0 amide bonds. The molecule has 0 aliphatic rings. The molecule has 0 spiro atoms. The number of allylic oxidation sites excluding steroid dienone is 1. The monoisotopic (exact) mass is 384 g/mol. The van der Waals surface area contributed by atoms with Crippen LogP contribution in [0.5, 0.6) is 0 Å². The predicted octanol–water partition coefficient (Wildman–Crippen LogP) is 5.01. The van der Waals surface area contributed by atoms with Crippen LogP contribution in [0.15, 0.2) is 12.3 Å². The van der Waals surface area contributed by atoms with Gasteiger partial charge in [-0.25, -0.2) is 0 Å². The lowest BCUT2D eigenvalue weighted by molar-refractivity contribution is -0.142. The van der Waals surface area contributed by atoms with Crippen molar-refractivity contribution in [2.45, 2.75) is 45.6 Å². The number of ketones is 1. The van der Waals surface area contributed by atoms with Crippen LogP contribution in [0.1, 0.15) is 48.4 Å². The third kappa shape index (κ3) is 6.93. The Labute approximate surface area is 146 Å². The maximum atomic E-state index is 12.5. The van der Waals surface area contributed by atoms with Crippen LogP contribution in [-0.2, 0) is 11.3 Å². The summed E-state index contributed by atoms with van der Waals surface area (Å²) in [5, 5.41) is 3.87. The Balaban J connectivity index is 3.14. The van der Waals surface area contributed by atoms with Crippen LogP contribution in [-0.4, -0.2) is 34.5 Å². The van der Waals surface area contributed by atoms with Crippen LogP contribution in [0.2, 0.25) is 0 Å².